The fraction of sp³-hybridized carbons (Fsp3) is 0.500. The molecule has 1 atom stereocenters. The third-order valence-electron chi connectivity index (χ3n) is 2.59. The fourth-order valence-corrected chi connectivity index (χ4v) is 1.56. The smallest absolute Gasteiger partial charge is 0.0911 e. The lowest BCUT2D eigenvalue weighted by Crippen LogP contribution is -2.26. The Kier molecular flexibility index (Phi) is 5.60. The van der Waals surface area contributed by atoms with Crippen LogP contribution in [0.5, 0.6) is 0 Å². The molecule has 2 nitrogen and oxygen atoms in total. The quantitative estimate of drug-likeness (QED) is 0.522. The van der Waals surface area contributed by atoms with Gasteiger partial charge >= 0.3 is 0 Å². The molecule has 0 aromatic carbocycles. The molecule has 0 heterocycles. The Balaban J connectivity index is 2.13. The van der Waals surface area contributed by atoms with Gasteiger partial charge in [0.2, 0.25) is 0 Å². The highest BCUT2D eigenvalue weighted by molar-refractivity contribution is 5.21. The largest absolute Gasteiger partial charge is 0.377 e. The molecule has 0 amide bonds. The lowest BCUT2D eigenvalue weighted by atomic mass is 9.88. The number of ether oxygens (including phenoxy) is 1. The van der Waals surface area contributed by atoms with Gasteiger partial charge in [-0.1, -0.05) is 36.8 Å². The van der Waals surface area contributed by atoms with Gasteiger partial charge in [-0.2, -0.15) is 5.26 Å². The second-order valence-electron chi connectivity index (χ2n) is 4.18. The van der Waals surface area contributed by atoms with Crippen LogP contribution >= 0.6 is 0 Å². The van der Waals surface area contributed by atoms with Gasteiger partial charge in [0.1, 0.15) is 0 Å². The summed E-state index contributed by atoms with van der Waals surface area (Å²) in [5.41, 5.74) is 1.21. The first-order chi connectivity index (χ1) is 7.76. The second-order valence-corrected chi connectivity index (χ2v) is 4.18. The molecular weight excluding hydrogens is 198 g/mol. The summed E-state index contributed by atoms with van der Waals surface area (Å²) in [6, 6.07) is 2.05. The maximum Gasteiger partial charge on any atom is 0.0911 e. The summed E-state index contributed by atoms with van der Waals surface area (Å²) >= 11 is 0. The molecule has 16 heavy (non-hydrogen) atoms. The van der Waals surface area contributed by atoms with Crippen LogP contribution in [0, 0.1) is 17.2 Å². The highest BCUT2D eigenvalue weighted by Gasteiger charge is 2.23. The van der Waals surface area contributed by atoms with E-state index in [0.717, 1.165) is 19.4 Å². The molecule has 86 valence electrons. The zero-order chi connectivity index (χ0) is 11.8. The van der Waals surface area contributed by atoms with Gasteiger partial charge in [-0.05, 0) is 25.7 Å². The Hall–Kier alpha value is -1.33. The first kappa shape index (κ1) is 12.7. The summed E-state index contributed by atoms with van der Waals surface area (Å²) in [5.74, 6) is 0.445. The Bertz CT molecular complexity index is 325. The topological polar surface area (TPSA) is 33.0 Å². The van der Waals surface area contributed by atoms with E-state index in [1.807, 2.05) is 19.1 Å². The van der Waals surface area contributed by atoms with Crippen LogP contribution in [0.25, 0.3) is 0 Å². The minimum Gasteiger partial charge on any atom is -0.377 e. The van der Waals surface area contributed by atoms with Crippen LogP contribution in [0.1, 0.15) is 26.7 Å². The Labute approximate surface area is 97.9 Å². The highest BCUT2D eigenvalue weighted by Crippen LogP contribution is 2.29. The van der Waals surface area contributed by atoms with Crippen LogP contribution in [0.3, 0.4) is 0 Å². The summed E-state index contributed by atoms with van der Waals surface area (Å²) in [7, 11) is 0. The van der Waals surface area contributed by atoms with Crippen molar-refractivity contribution in [3.8, 4) is 6.07 Å². The van der Waals surface area contributed by atoms with Gasteiger partial charge in [-0.25, -0.2) is 0 Å². The molecule has 0 aliphatic heterocycles. The third-order valence-corrected chi connectivity index (χ3v) is 2.59. The summed E-state index contributed by atoms with van der Waals surface area (Å²) in [5, 5.41) is 8.44. The van der Waals surface area contributed by atoms with E-state index < -0.39 is 0 Å². The maximum absolute atomic E-state index is 8.44. The number of nitriles is 1. The molecule has 1 aliphatic carbocycles. The predicted molar refractivity (Wildman–Crippen MR) is 65.8 cm³/mol. The van der Waals surface area contributed by atoms with Gasteiger partial charge in [-0.3, -0.25) is 0 Å². The van der Waals surface area contributed by atoms with Crippen LogP contribution in [-0.2, 0) is 4.74 Å². The van der Waals surface area contributed by atoms with Gasteiger partial charge in [0.05, 0.1) is 18.8 Å². The van der Waals surface area contributed by atoms with E-state index in [1.165, 1.54) is 5.57 Å². The van der Waals surface area contributed by atoms with Crippen molar-refractivity contribution in [2.24, 2.45) is 5.92 Å². The van der Waals surface area contributed by atoms with Crippen molar-refractivity contribution in [2.45, 2.75) is 32.8 Å². The first-order valence-corrected chi connectivity index (χ1v) is 5.75. The molecule has 1 unspecified atom stereocenters. The maximum atomic E-state index is 8.44. The van der Waals surface area contributed by atoms with Crippen molar-refractivity contribution < 1.29 is 4.74 Å². The predicted octanol–water partition coefficient (Wildman–Crippen LogP) is 3.38. The molecule has 1 aliphatic rings. The van der Waals surface area contributed by atoms with E-state index in [1.54, 1.807) is 6.08 Å². The SMILES string of the molecule is C/C=C\C=C/C(C)COC1CC(=CC#N)C1. The van der Waals surface area contributed by atoms with Crippen LogP contribution in [0.4, 0.5) is 0 Å². The number of hydrogen-bond acceptors (Lipinski definition) is 2. The lowest BCUT2D eigenvalue weighted by molar-refractivity contribution is 0.0174. The minimum atomic E-state index is 0.331. The van der Waals surface area contributed by atoms with E-state index in [9.17, 15) is 0 Å². The minimum absolute atomic E-state index is 0.331. The number of hydrogen-bond donors (Lipinski definition) is 0. The Morgan fingerprint density at radius 3 is 2.88 bits per heavy atom. The highest BCUT2D eigenvalue weighted by atomic mass is 16.5. The zero-order valence-corrected chi connectivity index (χ0v) is 10.0. The van der Waals surface area contributed by atoms with E-state index in [4.69, 9.17) is 10.00 Å². The van der Waals surface area contributed by atoms with Crippen molar-refractivity contribution in [3.63, 3.8) is 0 Å². The first-order valence-electron chi connectivity index (χ1n) is 5.75. The average molecular weight is 217 g/mol. The second kappa shape index (κ2) is 7.03. The number of rotatable bonds is 5. The molecule has 0 saturated heterocycles. The van der Waals surface area contributed by atoms with E-state index in [0.29, 0.717) is 12.0 Å². The summed E-state index contributed by atoms with van der Waals surface area (Å²) < 4.78 is 5.72. The molecule has 0 bridgehead atoms. The zero-order valence-electron chi connectivity index (χ0n) is 10.0. The van der Waals surface area contributed by atoms with Crippen molar-refractivity contribution in [3.05, 3.63) is 36.0 Å². The summed E-state index contributed by atoms with van der Waals surface area (Å²) in [4.78, 5) is 0. The van der Waals surface area contributed by atoms with Crippen LogP contribution in [-0.4, -0.2) is 12.7 Å². The van der Waals surface area contributed by atoms with E-state index >= 15 is 0 Å². The molecule has 0 spiro atoms. The molecule has 1 fully saturated rings. The monoisotopic (exact) mass is 217 g/mol. The van der Waals surface area contributed by atoms with Gasteiger partial charge in [0.25, 0.3) is 0 Å². The van der Waals surface area contributed by atoms with Crippen molar-refractivity contribution in [2.75, 3.05) is 6.61 Å². The number of nitrogens with zero attached hydrogens (tertiary/aromatic N) is 1. The lowest BCUT2D eigenvalue weighted by Gasteiger charge is -2.29. The summed E-state index contributed by atoms with van der Waals surface area (Å²) in [6.07, 6.45) is 12.0. The Morgan fingerprint density at radius 2 is 2.25 bits per heavy atom. The van der Waals surface area contributed by atoms with Crippen molar-refractivity contribution in [1.82, 2.24) is 0 Å². The third kappa shape index (κ3) is 4.46. The normalized spacial score (nSPS) is 22.1. The summed E-state index contributed by atoms with van der Waals surface area (Å²) in [6.45, 7) is 4.91. The van der Waals surface area contributed by atoms with Crippen molar-refractivity contribution >= 4 is 0 Å². The molecule has 0 aromatic rings. The number of allylic oxidation sites excluding steroid dienone is 4. The van der Waals surface area contributed by atoms with Gasteiger partial charge < -0.3 is 4.74 Å². The van der Waals surface area contributed by atoms with Gasteiger partial charge in [0, 0.05) is 6.08 Å². The molecule has 0 aromatic heterocycles. The van der Waals surface area contributed by atoms with Crippen LogP contribution in [0.15, 0.2) is 36.0 Å². The van der Waals surface area contributed by atoms with Crippen LogP contribution < -0.4 is 0 Å². The van der Waals surface area contributed by atoms with E-state index in [-0.39, 0.29) is 0 Å². The average Bonchev–Trinajstić information content (AvgIpc) is 2.21. The molecule has 0 radical (unpaired) electrons. The Morgan fingerprint density at radius 1 is 1.50 bits per heavy atom. The van der Waals surface area contributed by atoms with Crippen LogP contribution in [0.2, 0.25) is 0 Å². The molecule has 1 saturated carbocycles. The van der Waals surface area contributed by atoms with Gasteiger partial charge in [-0.15, -0.1) is 0 Å². The molecule has 2 heteroatoms. The molecule has 1 rings (SSSR count). The molecule has 0 N–H and O–H groups in total. The van der Waals surface area contributed by atoms with E-state index in [2.05, 4.69) is 25.1 Å². The van der Waals surface area contributed by atoms with Gasteiger partial charge in [0.15, 0.2) is 0 Å². The van der Waals surface area contributed by atoms with Crippen molar-refractivity contribution in [1.29, 1.82) is 5.26 Å². The fourth-order valence-electron chi connectivity index (χ4n) is 1.56. The molecular formula is C14H19NO. The standard InChI is InChI=1S/C14H19NO/c1-3-4-5-6-12(2)11-16-14-9-13(10-14)7-8-15/h3-7,12,14H,9-11H2,1-2H3/b4-3-,6-5-,13-7?.